The van der Waals surface area contributed by atoms with E-state index in [0.29, 0.717) is 0 Å². The van der Waals surface area contributed by atoms with Crippen molar-refractivity contribution in [3.63, 3.8) is 0 Å². The minimum atomic E-state index is 0.796. The summed E-state index contributed by atoms with van der Waals surface area (Å²) in [5, 5.41) is 0. The smallest absolute Gasteiger partial charge is 0.227 e. The maximum atomic E-state index is 4.90. The number of fused-ring (bicyclic) bond motifs is 1. The Morgan fingerprint density at radius 3 is 3.50 bits per heavy atom. The molecule has 2 aromatic heterocycles. The van der Waals surface area contributed by atoms with Crippen molar-refractivity contribution in [2.75, 3.05) is 0 Å². The molecule has 4 heteroatoms. The SMILES string of the molecule is c1nc2cnsc2o1. The van der Waals surface area contributed by atoms with Gasteiger partial charge in [0.2, 0.25) is 4.90 Å². The van der Waals surface area contributed by atoms with Crippen LogP contribution >= 0.6 is 11.5 Å². The highest BCUT2D eigenvalue weighted by Crippen LogP contribution is 2.14. The number of hydrogen-bond acceptors (Lipinski definition) is 4. The van der Waals surface area contributed by atoms with Crippen LogP contribution in [0, 0.1) is 0 Å². The molecule has 0 saturated heterocycles. The molecule has 0 aliphatic carbocycles. The Labute approximate surface area is 49.1 Å². The lowest BCUT2D eigenvalue weighted by Gasteiger charge is -1.60. The van der Waals surface area contributed by atoms with E-state index in [2.05, 4.69) is 9.36 Å². The van der Waals surface area contributed by atoms with Gasteiger partial charge in [0, 0.05) is 11.5 Å². The molecule has 0 saturated carbocycles. The number of nitrogens with zero attached hydrogens (tertiary/aromatic N) is 2. The topological polar surface area (TPSA) is 38.9 Å². The van der Waals surface area contributed by atoms with Gasteiger partial charge in [-0.25, -0.2) is 4.98 Å². The van der Waals surface area contributed by atoms with Crippen molar-refractivity contribution in [2.24, 2.45) is 0 Å². The van der Waals surface area contributed by atoms with Crippen LogP contribution in [0.4, 0.5) is 0 Å². The van der Waals surface area contributed by atoms with Crippen LogP contribution in [0.15, 0.2) is 17.0 Å². The highest BCUT2D eigenvalue weighted by molar-refractivity contribution is 7.12. The zero-order valence-electron chi connectivity index (χ0n) is 3.87. The lowest BCUT2D eigenvalue weighted by atomic mass is 10.7. The van der Waals surface area contributed by atoms with Crippen LogP contribution < -0.4 is 0 Å². The first kappa shape index (κ1) is 4.03. The summed E-state index contributed by atoms with van der Waals surface area (Å²) in [6, 6.07) is 0. The van der Waals surface area contributed by atoms with E-state index >= 15 is 0 Å². The predicted octanol–water partition coefficient (Wildman–Crippen LogP) is 1.28. The first-order valence-electron chi connectivity index (χ1n) is 2.11. The number of rotatable bonds is 0. The third-order valence-corrected chi connectivity index (χ3v) is 1.55. The summed E-state index contributed by atoms with van der Waals surface area (Å²) < 4.78 is 8.75. The Hall–Kier alpha value is -0.900. The largest absolute Gasteiger partial charge is 0.431 e. The Morgan fingerprint density at radius 1 is 1.62 bits per heavy atom. The molecule has 0 aliphatic rings. The van der Waals surface area contributed by atoms with Crippen molar-refractivity contribution in [3.05, 3.63) is 12.6 Å². The van der Waals surface area contributed by atoms with E-state index in [0.717, 1.165) is 10.4 Å². The van der Waals surface area contributed by atoms with E-state index in [1.807, 2.05) is 0 Å². The Kier molecular flexibility index (Phi) is 0.648. The molecule has 0 aliphatic heterocycles. The molecule has 0 bridgehead atoms. The Bertz CT molecular complexity index is 235. The second kappa shape index (κ2) is 1.29. The summed E-state index contributed by atoms with van der Waals surface area (Å²) >= 11 is 1.31. The van der Waals surface area contributed by atoms with Gasteiger partial charge in [-0.05, 0) is 0 Å². The monoisotopic (exact) mass is 126 g/mol. The van der Waals surface area contributed by atoms with Crippen molar-refractivity contribution in [1.29, 1.82) is 0 Å². The zero-order chi connectivity index (χ0) is 5.40. The summed E-state index contributed by atoms with van der Waals surface area (Å²) in [5.74, 6) is 0. The molecule has 2 aromatic rings. The van der Waals surface area contributed by atoms with Gasteiger partial charge < -0.3 is 4.42 Å². The first-order valence-corrected chi connectivity index (χ1v) is 2.88. The molecule has 0 atom stereocenters. The zero-order valence-corrected chi connectivity index (χ0v) is 4.68. The average molecular weight is 126 g/mol. The van der Waals surface area contributed by atoms with E-state index < -0.39 is 0 Å². The van der Waals surface area contributed by atoms with E-state index in [4.69, 9.17) is 4.42 Å². The maximum Gasteiger partial charge on any atom is 0.227 e. The van der Waals surface area contributed by atoms with E-state index in [9.17, 15) is 0 Å². The fraction of sp³-hybridized carbons (Fsp3) is 0. The lowest BCUT2D eigenvalue weighted by Crippen LogP contribution is -1.52. The van der Waals surface area contributed by atoms with Crippen molar-refractivity contribution in [3.8, 4) is 0 Å². The van der Waals surface area contributed by atoms with Gasteiger partial charge in [-0.2, -0.15) is 4.37 Å². The molecule has 0 fully saturated rings. The standard InChI is InChI=1S/C4H2N2OS/c1-3-4(8-6-1)7-2-5-3/h1-2H. The third-order valence-electron chi connectivity index (χ3n) is 0.871. The molecule has 0 unspecified atom stereocenters. The van der Waals surface area contributed by atoms with Gasteiger partial charge in [-0.3, -0.25) is 0 Å². The molecule has 0 aromatic carbocycles. The number of oxazole rings is 1. The fourth-order valence-corrected chi connectivity index (χ4v) is 1.06. The average Bonchev–Trinajstić information content (AvgIpc) is 2.15. The van der Waals surface area contributed by atoms with Crippen LogP contribution in [0.25, 0.3) is 10.4 Å². The molecular formula is C4H2N2OS. The van der Waals surface area contributed by atoms with Gasteiger partial charge in [-0.1, -0.05) is 0 Å². The van der Waals surface area contributed by atoms with Crippen LogP contribution in [0.3, 0.4) is 0 Å². The summed E-state index contributed by atoms with van der Waals surface area (Å²) in [5.41, 5.74) is 0.843. The minimum absolute atomic E-state index is 0.796. The van der Waals surface area contributed by atoms with Crippen LogP contribution in [0.5, 0.6) is 0 Å². The Morgan fingerprint density at radius 2 is 2.62 bits per heavy atom. The molecular weight excluding hydrogens is 124 g/mol. The molecule has 2 heterocycles. The highest BCUT2D eigenvalue weighted by atomic mass is 32.1. The van der Waals surface area contributed by atoms with Crippen LogP contribution in [-0.2, 0) is 0 Å². The molecule has 0 radical (unpaired) electrons. The predicted molar refractivity (Wildman–Crippen MR) is 29.7 cm³/mol. The van der Waals surface area contributed by atoms with Gasteiger partial charge in [0.15, 0.2) is 6.39 Å². The van der Waals surface area contributed by atoms with Crippen molar-refractivity contribution >= 4 is 21.9 Å². The fourth-order valence-electron chi connectivity index (χ4n) is 0.523. The minimum Gasteiger partial charge on any atom is -0.431 e. The number of hydrogen-bond donors (Lipinski definition) is 0. The molecule has 8 heavy (non-hydrogen) atoms. The van der Waals surface area contributed by atoms with E-state index in [1.54, 1.807) is 6.20 Å². The molecule has 3 nitrogen and oxygen atoms in total. The van der Waals surface area contributed by atoms with Gasteiger partial charge in [-0.15, -0.1) is 0 Å². The lowest BCUT2D eigenvalue weighted by molar-refractivity contribution is 0.609. The molecule has 0 N–H and O–H groups in total. The normalized spacial score (nSPS) is 10.5. The number of aromatic nitrogens is 2. The van der Waals surface area contributed by atoms with E-state index in [-0.39, 0.29) is 0 Å². The highest BCUT2D eigenvalue weighted by Gasteiger charge is 1.96. The molecule has 0 amide bonds. The van der Waals surface area contributed by atoms with Crippen LogP contribution in [0.2, 0.25) is 0 Å². The van der Waals surface area contributed by atoms with Crippen LogP contribution in [-0.4, -0.2) is 9.36 Å². The van der Waals surface area contributed by atoms with Crippen LogP contribution in [0.1, 0.15) is 0 Å². The quantitative estimate of drug-likeness (QED) is 0.533. The van der Waals surface area contributed by atoms with Gasteiger partial charge in [0.05, 0.1) is 6.20 Å². The molecule has 0 spiro atoms. The summed E-state index contributed by atoms with van der Waals surface area (Å²) in [7, 11) is 0. The van der Waals surface area contributed by atoms with E-state index in [1.165, 1.54) is 17.9 Å². The summed E-state index contributed by atoms with van der Waals surface area (Å²) in [4.78, 5) is 4.66. The summed E-state index contributed by atoms with van der Waals surface area (Å²) in [6.07, 6.45) is 3.10. The second-order valence-corrected chi connectivity index (χ2v) is 2.12. The maximum absolute atomic E-state index is 4.90. The van der Waals surface area contributed by atoms with Gasteiger partial charge in [0.1, 0.15) is 5.52 Å². The van der Waals surface area contributed by atoms with Gasteiger partial charge >= 0.3 is 0 Å². The summed E-state index contributed by atoms with van der Waals surface area (Å²) in [6.45, 7) is 0. The molecule has 2 rings (SSSR count). The first-order chi connectivity index (χ1) is 3.97. The second-order valence-electron chi connectivity index (χ2n) is 1.35. The Balaban J connectivity index is 3.06. The van der Waals surface area contributed by atoms with Crippen molar-refractivity contribution < 1.29 is 4.42 Å². The third kappa shape index (κ3) is 0.376. The van der Waals surface area contributed by atoms with Gasteiger partial charge in [0.25, 0.3) is 0 Å². The van der Waals surface area contributed by atoms with Crippen molar-refractivity contribution in [1.82, 2.24) is 9.36 Å². The van der Waals surface area contributed by atoms with Crippen molar-refractivity contribution in [2.45, 2.75) is 0 Å². The molecule has 40 valence electrons.